The predicted molar refractivity (Wildman–Crippen MR) is 71.2 cm³/mol. The van der Waals surface area contributed by atoms with Gasteiger partial charge in [-0.3, -0.25) is 0 Å². The van der Waals surface area contributed by atoms with E-state index in [9.17, 15) is 4.79 Å². The van der Waals surface area contributed by atoms with E-state index in [1.165, 1.54) is 0 Å². The van der Waals surface area contributed by atoms with E-state index < -0.39 is 5.97 Å². The van der Waals surface area contributed by atoms with Crippen LogP contribution in [-0.4, -0.2) is 19.2 Å². The highest BCUT2D eigenvalue weighted by atomic mass is 16.5. The van der Waals surface area contributed by atoms with Crippen molar-refractivity contribution in [1.82, 2.24) is 0 Å². The van der Waals surface area contributed by atoms with Gasteiger partial charge >= 0.3 is 5.97 Å². The first-order valence-corrected chi connectivity index (χ1v) is 5.61. The summed E-state index contributed by atoms with van der Waals surface area (Å²) >= 11 is 0. The average molecular weight is 250 g/mol. The topological polar surface area (TPSA) is 87.6 Å². The number of ether oxygens (including phenoxy) is 2. The third-order valence-corrected chi connectivity index (χ3v) is 2.17. The highest BCUT2D eigenvalue weighted by molar-refractivity contribution is 5.86. The van der Waals surface area contributed by atoms with Gasteiger partial charge in [0.25, 0.3) is 0 Å². The molecule has 1 aromatic rings. The third kappa shape index (κ3) is 4.37. The van der Waals surface area contributed by atoms with Crippen LogP contribution < -0.4 is 16.2 Å². The maximum Gasteiger partial charge on any atom is 0.333 e. The molecule has 0 aromatic heterocycles. The predicted octanol–water partition coefficient (Wildman–Crippen LogP) is 1.74. The number of esters is 1. The van der Waals surface area contributed by atoms with E-state index in [2.05, 4.69) is 6.58 Å². The van der Waals surface area contributed by atoms with Crippen molar-refractivity contribution in [3.63, 3.8) is 0 Å². The second-order valence-electron chi connectivity index (χ2n) is 3.92. The Hall–Kier alpha value is -2.17. The Morgan fingerprint density at radius 3 is 2.72 bits per heavy atom. The Labute approximate surface area is 106 Å². The number of carbonyl (C=O) groups excluding carboxylic acids is 1. The first-order valence-electron chi connectivity index (χ1n) is 5.61. The lowest BCUT2D eigenvalue weighted by molar-refractivity contribution is -0.139. The molecule has 18 heavy (non-hydrogen) atoms. The first kappa shape index (κ1) is 13.9. The molecule has 0 radical (unpaired) electrons. The molecule has 5 heteroatoms. The van der Waals surface area contributed by atoms with E-state index >= 15 is 0 Å². The fraction of sp³-hybridized carbons (Fsp3) is 0.308. The molecular formula is C13H18N2O3. The Morgan fingerprint density at radius 1 is 1.33 bits per heavy atom. The number of hydrogen-bond donors (Lipinski definition) is 2. The minimum atomic E-state index is -0.390. The summed E-state index contributed by atoms with van der Waals surface area (Å²) in [5.74, 6) is 0.152. The smallest absolute Gasteiger partial charge is 0.333 e. The minimum absolute atomic E-state index is 0.286. The van der Waals surface area contributed by atoms with Gasteiger partial charge in [-0.2, -0.15) is 0 Å². The Kier molecular flexibility index (Phi) is 5.05. The summed E-state index contributed by atoms with van der Waals surface area (Å²) in [4.78, 5) is 11.1. The van der Waals surface area contributed by atoms with Crippen molar-refractivity contribution in [2.24, 2.45) is 0 Å². The molecule has 0 aliphatic rings. The number of carbonyl (C=O) groups is 1. The molecule has 0 amide bonds. The van der Waals surface area contributed by atoms with Crippen LogP contribution in [0.15, 0.2) is 30.4 Å². The Balaban J connectivity index is 2.28. The molecule has 98 valence electrons. The van der Waals surface area contributed by atoms with Gasteiger partial charge in [0.15, 0.2) is 0 Å². The lowest BCUT2D eigenvalue weighted by atomic mass is 10.2. The molecule has 0 bridgehead atoms. The van der Waals surface area contributed by atoms with Crippen molar-refractivity contribution >= 4 is 17.3 Å². The van der Waals surface area contributed by atoms with Gasteiger partial charge in [0.05, 0.1) is 18.9 Å². The Bertz CT molecular complexity index is 444. The van der Waals surface area contributed by atoms with Crippen molar-refractivity contribution < 1.29 is 14.3 Å². The molecule has 0 spiro atoms. The fourth-order valence-electron chi connectivity index (χ4n) is 1.21. The number of hydrogen-bond acceptors (Lipinski definition) is 5. The summed E-state index contributed by atoms with van der Waals surface area (Å²) in [7, 11) is 0. The lowest BCUT2D eigenvalue weighted by Crippen LogP contribution is -2.09. The summed E-state index contributed by atoms with van der Waals surface area (Å²) in [5.41, 5.74) is 12.8. The van der Waals surface area contributed by atoms with Crippen molar-refractivity contribution in [3.05, 3.63) is 30.4 Å². The summed E-state index contributed by atoms with van der Waals surface area (Å²) < 4.78 is 10.4. The number of anilines is 2. The van der Waals surface area contributed by atoms with Gasteiger partial charge in [-0.05, 0) is 19.1 Å². The maximum atomic E-state index is 11.1. The average Bonchev–Trinajstić information content (AvgIpc) is 2.32. The van der Waals surface area contributed by atoms with Crippen molar-refractivity contribution in [3.8, 4) is 5.75 Å². The molecule has 0 heterocycles. The van der Waals surface area contributed by atoms with Crippen molar-refractivity contribution in [2.75, 3.05) is 24.7 Å². The molecular weight excluding hydrogens is 232 g/mol. The summed E-state index contributed by atoms with van der Waals surface area (Å²) in [6.07, 6.45) is 0.577. The zero-order valence-corrected chi connectivity index (χ0v) is 10.4. The summed E-state index contributed by atoms with van der Waals surface area (Å²) in [6, 6.07) is 5.05. The minimum Gasteiger partial charge on any atom is -0.491 e. The molecule has 1 rings (SSSR count). The zero-order valence-electron chi connectivity index (χ0n) is 10.4. The normalized spacial score (nSPS) is 9.83. The fourth-order valence-corrected chi connectivity index (χ4v) is 1.21. The quantitative estimate of drug-likeness (QED) is 0.347. The Morgan fingerprint density at radius 2 is 2.06 bits per heavy atom. The molecule has 4 N–H and O–H groups in total. The number of rotatable bonds is 6. The third-order valence-electron chi connectivity index (χ3n) is 2.17. The van der Waals surface area contributed by atoms with Crippen LogP contribution in [-0.2, 0) is 9.53 Å². The van der Waals surface area contributed by atoms with Gasteiger partial charge < -0.3 is 20.9 Å². The zero-order chi connectivity index (χ0) is 13.5. The van der Waals surface area contributed by atoms with Crippen LogP contribution in [0.5, 0.6) is 5.75 Å². The summed E-state index contributed by atoms with van der Waals surface area (Å²) in [5, 5.41) is 0. The SMILES string of the molecule is C=C(C)C(=O)OCCCOc1cc(N)ccc1N. The highest BCUT2D eigenvalue weighted by Crippen LogP contribution is 2.23. The lowest BCUT2D eigenvalue weighted by Gasteiger charge is -2.09. The van der Waals surface area contributed by atoms with E-state index in [0.717, 1.165) is 0 Å². The van der Waals surface area contributed by atoms with E-state index in [0.29, 0.717) is 35.7 Å². The number of nitrogen functional groups attached to an aromatic ring is 2. The molecule has 0 atom stereocenters. The molecule has 0 fully saturated rings. The first-order chi connectivity index (χ1) is 8.50. The maximum absolute atomic E-state index is 11.1. The molecule has 0 saturated heterocycles. The molecule has 5 nitrogen and oxygen atoms in total. The highest BCUT2D eigenvalue weighted by Gasteiger charge is 2.03. The van der Waals surface area contributed by atoms with Gasteiger partial charge in [0.1, 0.15) is 5.75 Å². The van der Waals surface area contributed by atoms with Gasteiger partial charge in [-0.1, -0.05) is 6.58 Å². The number of nitrogens with two attached hydrogens (primary N) is 2. The number of benzene rings is 1. The van der Waals surface area contributed by atoms with Crippen molar-refractivity contribution in [2.45, 2.75) is 13.3 Å². The van der Waals surface area contributed by atoms with Gasteiger partial charge in [-0.15, -0.1) is 0 Å². The van der Waals surface area contributed by atoms with E-state index in [4.69, 9.17) is 20.9 Å². The standard InChI is InChI=1S/C13H18N2O3/c1-9(2)13(16)18-7-3-6-17-12-8-10(14)4-5-11(12)15/h4-5,8H,1,3,6-7,14-15H2,2H3. The molecule has 0 saturated carbocycles. The molecule has 0 aliphatic carbocycles. The molecule has 1 aromatic carbocycles. The second-order valence-corrected chi connectivity index (χ2v) is 3.92. The van der Waals surface area contributed by atoms with Gasteiger partial charge in [-0.25, -0.2) is 4.79 Å². The van der Waals surface area contributed by atoms with Crippen molar-refractivity contribution in [1.29, 1.82) is 0 Å². The monoisotopic (exact) mass is 250 g/mol. The van der Waals surface area contributed by atoms with Gasteiger partial charge in [0.2, 0.25) is 0 Å². The summed E-state index contributed by atoms with van der Waals surface area (Å²) in [6.45, 7) is 5.78. The van der Waals surface area contributed by atoms with E-state index in [-0.39, 0.29) is 6.61 Å². The van der Waals surface area contributed by atoms with E-state index in [1.54, 1.807) is 25.1 Å². The van der Waals surface area contributed by atoms with Crippen LogP contribution in [0.3, 0.4) is 0 Å². The van der Waals surface area contributed by atoms with Gasteiger partial charge in [0, 0.05) is 23.7 Å². The second kappa shape index (κ2) is 6.54. The van der Waals surface area contributed by atoms with Crippen LogP contribution in [0.25, 0.3) is 0 Å². The van der Waals surface area contributed by atoms with Crippen LogP contribution in [0.2, 0.25) is 0 Å². The van der Waals surface area contributed by atoms with Crippen LogP contribution in [0, 0.1) is 0 Å². The molecule has 0 unspecified atom stereocenters. The molecule has 0 aliphatic heterocycles. The van der Waals surface area contributed by atoms with Crippen LogP contribution in [0.1, 0.15) is 13.3 Å². The van der Waals surface area contributed by atoms with E-state index in [1.807, 2.05) is 0 Å². The van der Waals surface area contributed by atoms with Crippen LogP contribution >= 0.6 is 0 Å². The largest absolute Gasteiger partial charge is 0.491 e. The van der Waals surface area contributed by atoms with Crippen LogP contribution in [0.4, 0.5) is 11.4 Å².